The molecule has 2 atom stereocenters. The van der Waals surface area contributed by atoms with Crippen LogP contribution in [0.15, 0.2) is 18.3 Å². The van der Waals surface area contributed by atoms with Crippen molar-refractivity contribution < 1.29 is 0 Å². The highest BCUT2D eigenvalue weighted by atomic mass is 35.5. The summed E-state index contributed by atoms with van der Waals surface area (Å²) in [5, 5.41) is 4.27. The third-order valence-corrected chi connectivity index (χ3v) is 5.07. The molecular weight excluding hydrogens is 246 g/mol. The van der Waals surface area contributed by atoms with Crippen LogP contribution in [0.4, 0.5) is 5.69 Å². The maximum absolute atomic E-state index is 5.83. The lowest BCUT2D eigenvalue weighted by Crippen LogP contribution is -2.62. The van der Waals surface area contributed by atoms with Crippen LogP contribution in [0.5, 0.6) is 0 Å². The van der Waals surface area contributed by atoms with Gasteiger partial charge in [0.05, 0.1) is 11.9 Å². The molecule has 96 valence electrons. The molecule has 2 unspecified atom stereocenters. The summed E-state index contributed by atoms with van der Waals surface area (Å²) in [7, 11) is 0. The Morgan fingerprint density at radius 1 is 1.17 bits per heavy atom. The summed E-state index contributed by atoms with van der Waals surface area (Å²) >= 11 is 5.83. The minimum absolute atomic E-state index is 0.566. The van der Waals surface area contributed by atoms with Crippen LogP contribution in [-0.4, -0.2) is 35.6 Å². The molecule has 0 spiro atoms. The predicted molar refractivity (Wildman–Crippen MR) is 72.8 cm³/mol. The zero-order valence-corrected chi connectivity index (χ0v) is 11.1. The zero-order chi connectivity index (χ0) is 12.1. The van der Waals surface area contributed by atoms with Crippen LogP contribution in [-0.2, 0) is 0 Å². The minimum Gasteiger partial charge on any atom is -0.380 e. The van der Waals surface area contributed by atoms with Crippen LogP contribution in [0, 0.1) is 17.8 Å². The van der Waals surface area contributed by atoms with Crippen LogP contribution in [0.25, 0.3) is 0 Å². The fraction of sp³-hybridized carbons (Fsp3) is 0.643. The van der Waals surface area contributed by atoms with E-state index in [0.717, 1.165) is 23.4 Å². The molecule has 1 aliphatic carbocycles. The van der Waals surface area contributed by atoms with Gasteiger partial charge in [0.25, 0.3) is 0 Å². The standard InChI is InChI=1S/C14H18ClN3/c15-13-2-1-12(5-16-13)17-14-10-3-9-4-11(14)8-18(6-9)7-10/h1-2,5,9-11,14,17H,3-4,6-8H2. The second-order valence-corrected chi connectivity index (χ2v) is 6.50. The molecule has 0 amide bonds. The van der Waals surface area contributed by atoms with Gasteiger partial charge in [0.1, 0.15) is 5.15 Å². The molecule has 18 heavy (non-hydrogen) atoms. The van der Waals surface area contributed by atoms with E-state index in [1.807, 2.05) is 18.3 Å². The Morgan fingerprint density at radius 3 is 2.56 bits per heavy atom. The van der Waals surface area contributed by atoms with Crippen molar-refractivity contribution in [1.82, 2.24) is 9.88 Å². The number of nitrogens with one attached hydrogen (secondary N) is 1. The first-order valence-corrected chi connectivity index (χ1v) is 7.26. The van der Waals surface area contributed by atoms with E-state index in [1.165, 1.54) is 32.5 Å². The molecular formula is C14H18ClN3. The molecule has 3 aliphatic heterocycles. The van der Waals surface area contributed by atoms with E-state index >= 15 is 0 Å². The summed E-state index contributed by atoms with van der Waals surface area (Å²) < 4.78 is 0. The molecule has 1 aromatic heterocycles. The lowest BCUT2D eigenvalue weighted by Gasteiger charge is -2.56. The summed E-state index contributed by atoms with van der Waals surface area (Å²) in [5.74, 6) is 2.61. The van der Waals surface area contributed by atoms with Gasteiger partial charge in [-0.25, -0.2) is 4.98 Å². The highest BCUT2D eigenvalue weighted by Gasteiger charge is 2.47. The van der Waals surface area contributed by atoms with Gasteiger partial charge in [-0.2, -0.15) is 0 Å². The molecule has 0 radical (unpaired) electrons. The highest BCUT2D eigenvalue weighted by molar-refractivity contribution is 6.29. The van der Waals surface area contributed by atoms with Gasteiger partial charge in [0.15, 0.2) is 0 Å². The summed E-state index contributed by atoms with van der Waals surface area (Å²) in [6.07, 6.45) is 4.67. The summed E-state index contributed by atoms with van der Waals surface area (Å²) in [6, 6.07) is 4.55. The number of rotatable bonds is 2. The van der Waals surface area contributed by atoms with Crippen molar-refractivity contribution in [2.75, 3.05) is 25.0 Å². The molecule has 4 heteroatoms. The highest BCUT2D eigenvalue weighted by Crippen LogP contribution is 2.44. The second-order valence-electron chi connectivity index (χ2n) is 6.12. The van der Waals surface area contributed by atoms with E-state index in [0.29, 0.717) is 11.2 Å². The molecule has 4 aliphatic rings. The molecule has 3 nitrogen and oxygen atoms in total. The Hall–Kier alpha value is -0.800. The van der Waals surface area contributed by atoms with Crippen molar-refractivity contribution in [1.29, 1.82) is 0 Å². The molecule has 4 bridgehead atoms. The van der Waals surface area contributed by atoms with Crippen LogP contribution in [0.3, 0.4) is 0 Å². The number of hydrogen-bond donors (Lipinski definition) is 1. The van der Waals surface area contributed by atoms with Gasteiger partial charge in [-0.1, -0.05) is 11.6 Å². The topological polar surface area (TPSA) is 28.2 Å². The number of nitrogens with zero attached hydrogens (tertiary/aromatic N) is 2. The van der Waals surface area contributed by atoms with Crippen molar-refractivity contribution >= 4 is 17.3 Å². The van der Waals surface area contributed by atoms with Crippen LogP contribution < -0.4 is 5.32 Å². The van der Waals surface area contributed by atoms with Gasteiger partial charge < -0.3 is 10.2 Å². The Bertz CT molecular complexity index is 417. The first kappa shape index (κ1) is 11.1. The maximum Gasteiger partial charge on any atom is 0.129 e. The second kappa shape index (κ2) is 4.10. The predicted octanol–water partition coefficient (Wildman–Crippen LogP) is 2.49. The number of halogens is 1. The van der Waals surface area contributed by atoms with Gasteiger partial charge in [-0.05, 0) is 42.7 Å². The van der Waals surface area contributed by atoms with E-state index in [2.05, 4.69) is 15.2 Å². The van der Waals surface area contributed by atoms with Gasteiger partial charge >= 0.3 is 0 Å². The smallest absolute Gasteiger partial charge is 0.129 e. The van der Waals surface area contributed by atoms with Gasteiger partial charge in [0.2, 0.25) is 0 Å². The fourth-order valence-corrected chi connectivity index (χ4v) is 4.41. The minimum atomic E-state index is 0.566. The lowest BCUT2D eigenvalue weighted by molar-refractivity contribution is -0.0269. The van der Waals surface area contributed by atoms with E-state index in [1.54, 1.807) is 0 Å². The summed E-state index contributed by atoms with van der Waals surface area (Å²) in [5.41, 5.74) is 1.12. The van der Waals surface area contributed by atoms with Crippen LogP contribution in [0.2, 0.25) is 5.15 Å². The van der Waals surface area contributed by atoms with Crippen molar-refractivity contribution in [3.63, 3.8) is 0 Å². The molecule has 1 aromatic rings. The Labute approximate surface area is 113 Å². The molecule has 4 heterocycles. The number of piperidine rings is 3. The van der Waals surface area contributed by atoms with E-state index in [9.17, 15) is 0 Å². The van der Waals surface area contributed by atoms with E-state index in [4.69, 9.17) is 11.6 Å². The largest absolute Gasteiger partial charge is 0.380 e. The normalized spacial score (nSPS) is 41.1. The zero-order valence-electron chi connectivity index (χ0n) is 10.3. The van der Waals surface area contributed by atoms with Crippen LogP contribution in [0.1, 0.15) is 12.8 Å². The maximum atomic E-state index is 5.83. The molecule has 1 saturated carbocycles. The quantitative estimate of drug-likeness (QED) is 0.831. The van der Waals surface area contributed by atoms with Gasteiger partial charge in [-0.15, -0.1) is 0 Å². The van der Waals surface area contributed by atoms with E-state index in [-0.39, 0.29) is 0 Å². The fourth-order valence-electron chi connectivity index (χ4n) is 4.30. The third kappa shape index (κ3) is 1.81. The number of hydrogen-bond acceptors (Lipinski definition) is 3. The first-order chi connectivity index (χ1) is 8.78. The summed E-state index contributed by atoms with van der Waals surface area (Å²) in [6.45, 7) is 3.92. The number of pyridine rings is 1. The molecule has 1 N–H and O–H groups in total. The van der Waals surface area contributed by atoms with Crippen molar-refractivity contribution in [3.8, 4) is 0 Å². The number of aromatic nitrogens is 1. The van der Waals surface area contributed by atoms with Crippen molar-refractivity contribution in [2.45, 2.75) is 18.9 Å². The Kier molecular flexibility index (Phi) is 2.52. The average Bonchev–Trinajstić information content (AvgIpc) is 2.35. The Balaban J connectivity index is 1.53. The van der Waals surface area contributed by atoms with Crippen molar-refractivity contribution in [2.24, 2.45) is 17.8 Å². The van der Waals surface area contributed by atoms with Crippen LogP contribution >= 0.6 is 11.6 Å². The molecule has 3 saturated heterocycles. The SMILES string of the molecule is Clc1ccc(NC2C3CC4CC2CN(C4)C3)cn1. The molecule has 5 rings (SSSR count). The van der Waals surface area contributed by atoms with Gasteiger partial charge in [0, 0.05) is 25.7 Å². The monoisotopic (exact) mass is 263 g/mol. The first-order valence-electron chi connectivity index (χ1n) is 6.88. The Morgan fingerprint density at radius 2 is 1.94 bits per heavy atom. The van der Waals surface area contributed by atoms with Gasteiger partial charge in [-0.3, -0.25) is 0 Å². The molecule has 0 aromatic carbocycles. The third-order valence-electron chi connectivity index (χ3n) is 4.85. The van der Waals surface area contributed by atoms with Crippen molar-refractivity contribution in [3.05, 3.63) is 23.5 Å². The lowest BCUT2D eigenvalue weighted by atomic mass is 9.65. The van der Waals surface area contributed by atoms with E-state index < -0.39 is 0 Å². The average molecular weight is 264 g/mol. The number of anilines is 1. The molecule has 4 fully saturated rings. The summed E-state index contributed by atoms with van der Waals surface area (Å²) in [4.78, 5) is 6.81.